The molecule has 0 saturated heterocycles. The van der Waals surface area contributed by atoms with Crippen LogP contribution in [0.25, 0.3) is 10.9 Å². The number of phenolic OH excluding ortho intramolecular Hbond substituents is 1. The van der Waals surface area contributed by atoms with Gasteiger partial charge in [0.1, 0.15) is 5.75 Å². The number of phenols is 1. The number of carbonyl (C=O) groups is 1. The van der Waals surface area contributed by atoms with Gasteiger partial charge in [-0.25, -0.2) is 0 Å². The molecule has 0 bridgehead atoms. The second kappa shape index (κ2) is 4.49. The van der Waals surface area contributed by atoms with Crippen molar-refractivity contribution in [2.24, 2.45) is 0 Å². The summed E-state index contributed by atoms with van der Waals surface area (Å²) in [6.45, 7) is 1.97. The summed E-state index contributed by atoms with van der Waals surface area (Å²) in [6, 6.07) is 5.19. The molecular formula is C13H15NO3. The first-order chi connectivity index (χ1) is 8.08. The van der Waals surface area contributed by atoms with E-state index in [0.29, 0.717) is 12.8 Å². The molecule has 0 aliphatic carbocycles. The lowest BCUT2D eigenvalue weighted by molar-refractivity contribution is -0.137. The van der Waals surface area contributed by atoms with E-state index in [9.17, 15) is 9.90 Å². The Kier molecular flexibility index (Phi) is 3.04. The van der Waals surface area contributed by atoms with Gasteiger partial charge in [0.15, 0.2) is 0 Å². The highest BCUT2D eigenvalue weighted by Crippen LogP contribution is 2.26. The number of aromatic amines is 1. The smallest absolute Gasteiger partial charge is 0.303 e. The molecule has 0 aliphatic heterocycles. The van der Waals surface area contributed by atoms with Crippen molar-refractivity contribution in [3.8, 4) is 5.75 Å². The van der Waals surface area contributed by atoms with Crippen LogP contribution in [0.4, 0.5) is 0 Å². The zero-order valence-electron chi connectivity index (χ0n) is 9.66. The molecule has 2 aromatic rings. The van der Waals surface area contributed by atoms with E-state index in [1.807, 2.05) is 13.0 Å². The monoisotopic (exact) mass is 233 g/mol. The number of aliphatic carboxylic acids is 1. The number of hydrogen-bond donors (Lipinski definition) is 3. The Morgan fingerprint density at radius 2 is 2.18 bits per heavy atom. The van der Waals surface area contributed by atoms with Crippen molar-refractivity contribution in [3.05, 3.63) is 29.5 Å². The normalized spacial score (nSPS) is 10.9. The van der Waals surface area contributed by atoms with Gasteiger partial charge in [-0.1, -0.05) is 0 Å². The first-order valence-electron chi connectivity index (χ1n) is 5.60. The molecule has 0 amide bonds. The van der Waals surface area contributed by atoms with Crippen molar-refractivity contribution in [1.82, 2.24) is 4.98 Å². The fraction of sp³-hybridized carbons (Fsp3) is 0.308. The number of hydrogen-bond acceptors (Lipinski definition) is 2. The molecule has 0 aliphatic rings. The maximum Gasteiger partial charge on any atom is 0.303 e. The standard InChI is InChI=1S/C13H15NO3/c1-8-10(3-2-4-13(16)17)11-7-9(15)5-6-12(11)14-8/h5-7,14-15H,2-4H2,1H3,(H,16,17). The molecule has 4 nitrogen and oxygen atoms in total. The third-order valence-corrected chi connectivity index (χ3v) is 2.92. The molecule has 0 spiro atoms. The summed E-state index contributed by atoms with van der Waals surface area (Å²) in [7, 11) is 0. The molecule has 0 fully saturated rings. The van der Waals surface area contributed by atoms with Gasteiger partial charge < -0.3 is 15.2 Å². The van der Waals surface area contributed by atoms with Gasteiger partial charge in [0.25, 0.3) is 0 Å². The summed E-state index contributed by atoms with van der Waals surface area (Å²) in [5.74, 6) is -0.540. The van der Waals surface area contributed by atoms with Gasteiger partial charge in [-0.05, 0) is 43.5 Å². The Bertz CT molecular complexity index is 557. The number of nitrogens with one attached hydrogen (secondary N) is 1. The van der Waals surface area contributed by atoms with Gasteiger partial charge in [-0.2, -0.15) is 0 Å². The van der Waals surface area contributed by atoms with Gasteiger partial charge in [-0.15, -0.1) is 0 Å². The van der Waals surface area contributed by atoms with Crippen molar-refractivity contribution in [3.63, 3.8) is 0 Å². The van der Waals surface area contributed by atoms with E-state index in [-0.39, 0.29) is 12.2 Å². The summed E-state index contributed by atoms with van der Waals surface area (Å²) in [4.78, 5) is 13.7. The fourth-order valence-corrected chi connectivity index (χ4v) is 2.11. The number of H-pyrrole nitrogens is 1. The number of carboxylic acid groups (broad SMARTS) is 1. The van der Waals surface area contributed by atoms with Gasteiger partial charge in [0.05, 0.1) is 0 Å². The zero-order chi connectivity index (χ0) is 12.4. The summed E-state index contributed by atoms with van der Waals surface area (Å²) >= 11 is 0. The highest BCUT2D eigenvalue weighted by Gasteiger charge is 2.09. The topological polar surface area (TPSA) is 73.3 Å². The highest BCUT2D eigenvalue weighted by atomic mass is 16.4. The van der Waals surface area contributed by atoms with Gasteiger partial charge >= 0.3 is 5.97 Å². The number of fused-ring (bicyclic) bond motifs is 1. The van der Waals surface area contributed by atoms with E-state index in [1.165, 1.54) is 0 Å². The quantitative estimate of drug-likeness (QED) is 0.759. The summed E-state index contributed by atoms with van der Waals surface area (Å²) < 4.78 is 0. The van der Waals surface area contributed by atoms with E-state index >= 15 is 0 Å². The van der Waals surface area contributed by atoms with Crippen molar-refractivity contribution in [1.29, 1.82) is 0 Å². The van der Waals surface area contributed by atoms with Crippen LogP contribution in [0.2, 0.25) is 0 Å². The molecule has 17 heavy (non-hydrogen) atoms. The Balaban J connectivity index is 2.28. The Hall–Kier alpha value is -1.97. The molecular weight excluding hydrogens is 218 g/mol. The Morgan fingerprint density at radius 1 is 1.41 bits per heavy atom. The predicted molar refractivity (Wildman–Crippen MR) is 65.3 cm³/mol. The second-order valence-electron chi connectivity index (χ2n) is 4.21. The Labute approximate surface area is 98.9 Å². The number of rotatable bonds is 4. The fourth-order valence-electron chi connectivity index (χ4n) is 2.11. The average Bonchev–Trinajstić information content (AvgIpc) is 2.55. The second-order valence-corrected chi connectivity index (χ2v) is 4.21. The molecule has 0 unspecified atom stereocenters. The van der Waals surface area contributed by atoms with Crippen LogP contribution in [0.15, 0.2) is 18.2 Å². The molecule has 0 radical (unpaired) electrons. The van der Waals surface area contributed by atoms with E-state index in [4.69, 9.17) is 5.11 Å². The van der Waals surface area contributed by atoms with Crippen molar-refractivity contribution < 1.29 is 15.0 Å². The molecule has 1 aromatic heterocycles. The molecule has 3 N–H and O–H groups in total. The molecule has 0 atom stereocenters. The maximum absolute atomic E-state index is 10.5. The summed E-state index contributed by atoms with van der Waals surface area (Å²) in [5.41, 5.74) is 3.11. The third-order valence-electron chi connectivity index (χ3n) is 2.92. The number of benzene rings is 1. The minimum Gasteiger partial charge on any atom is -0.508 e. The summed E-state index contributed by atoms with van der Waals surface area (Å²) in [6.07, 6.45) is 1.49. The highest BCUT2D eigenvalue weighted by molar-refractivity contribution is 5.86. The molecule has 0 saturated carbocycles. The van der Waals surface area contributed by atoms with Crippen LogP contribution in [0, 0.1) is 6.92 Å². The van der Waals surface area contributed by atoms with Crippen LogP contribution < -0.4 is 0 Å². The van der Waals surface area contributed by atoms with Gasteiger partial charge in [0, 0.05) is 23.0 Å². The first kappa shape index (κ1) is 11.5. The van der Waals surface area contributed by atoms with Crippen LogP contribution >= 0.6 is 0 Å². The minimum absolute atomic E-state index is 0.172. The van der Waals surface area contributed by atoms with Crippen LogP contribution in [0.3, 0.4) is 0 Å². The van der Waals surface area contributed by atoms with Crippen LogP contribution in [-0.2, 0) is 11.2 Å². The molecule has 1 heterocycles. The van der Waals surface area contributed by atoms with E-state index in [0.717, 1.165) is 22.2 Å². The lowest BCUT2D eigenvalue weighted by Crippen LogP contribution is -1.96. The van der Waals surface area contributed by atoms with Crippen molar-refractivity contribution in [2.75, 3.05) is 0 Å². The average molecular weight is 233 g/mol. The number of aryl methyl sites for hydroxylation is 2. The molecule has 2 rings (SSSR count). The zero-order valence-corrected chi connectivity index (χ0v) is 9.66. The number of aromatic hydroxyl groups is 1. The number of aromatic nitrogens is 1. The van der Waals surface area contributed by atoms with Crippen LogP contribution in [-0.4, -0.2) is 21.2 Å². The van der Waals surface area contributed by atoms with Gasteiger partial charge in [-0.3, -0.25) is 4.79 Å². The third kappa shape index (κ3) is 2.41. The lowest BCUT2D eigenvalue weighted by Gasteiger charge is -2.00. The minimum atomic E-state index is -0.773. The van der Waals surface area contributed by atoms with E-state index < -0.39 is 5.97 Å². The van der Waals surface area contributed by atoms with E-state index in [1.54, 1.807) is 12.1 Å². The molecule has 90 valence electrons. The predicted octanol–water partition coefficient (Wildman–Crippen LogP) is 2.59. The van der Waals surface area contributed by atoms with Crippen LogP contribution in [0.5, 0.6) is 5.75 Å². The number of carboxylic acids is 1. The lowest BCUT2D eigenvalue weighted by atomic mass is 10.0. The molecule has 4 heteroatoms. The van der Waals surface area contributed by atoms with Crippen molar-refractivity contribution in [2.45, 2.75) is 26.2 Å². The SMILES string of the molecule is Cc1[nH]c2ccc(O)cc2c1CCCC(=O)O. The van der Waals surface area contributed by atoms with Gasteiger partial charge in [0.2, 0.25) is 0 Å². The largest absolute Gasteiger partial charge is 0.508 e. The summed E-state index contributed by atoms with van der Waals surface area (Å²) in [5, 5.41) is 19.1. The first-order valence-corrected chi connectivity index (χ1v) is 5.60. The maximum atomic E-state index is 10.5. The molecule has 1 aromatic carbocycles. The van der Waals surface area contributed by atoms with Crippen LogP contribution in [0.1, 0.15) is 24.1 Å². The van der Waals surface area contributed by atoms with E-state index in [2.05, 4.69) is 4.98 Å². The van der Waals surface area contributed by atoms with Crippen molar-refractivity contribution >= 4 is 16.9 Å². The Morgan fingerprint density at radius 3 is 2.88 bits per heavy atom.